The molecule has 0 radical (unpaired) electrons. The molecule has 0 bridgehead atoms. The van der Waals surface area contributed by atoms with Crippen LogP contribution in [0.1, 0.15) is 48.6 Å². The summed E-state index contributed by atoms with van der Waals surface area (Å²) in [6.45, 7) is 5.34. The summed E-state index contributed by atoms with van der Waals surface area (Å²) in [4.78, 5) is 2.54. The fraction of sp³-hybridized carbons (Fsp3) is 0.429. The van der Waals surface area contributed by atoms with Crippen LogP contribution >= 0.6 is 11.8 Å². The Labute approximate surface area is 160 Å². The minimum atomic E-state index is -3.30. The zero-order valence-electron chi connectivity index (χ0n) is 15.3. The number of piperidine rings is 1. The first-order valence-corrected chi connectivity index (χ1v) is 11.6. The van der Waals surface area contributed by atoms with E-state index in [0.717, 1.165) is 24.8 Å². The van der Waals surface area contributed by atoms with Crippen LogP contribution in [-0.2, 0) is 16.4 Å². The molecular weight excluding hydrogens is 362 g/mol. The van der Waals surface area contributed by atoms with Gasteiger partial charge >= 0.3 is 0 Å². The van der Waals surface area contributed by atoms with E-state index in [2.05, 4.69) is 43.3 Å². The number of fused-ring (bicyclic) bond motifs is 2. The molecule has 2 aliphatic heterocycles. The summed E-state index contributed by atoms with van der Waals surface area (Å²) in [5, 5.41) is -0.497. The Bertz CT molecular complexity index is 915. The Hall–Kier alpha value is -1.30. The Morgan fingerprint density at radius 2 is 1.73 bits per heavy atom. The zero-order valence-corrected chi connectivity index (χ0v) is 16.9. The standard InChI is InChI=1S/C21H25NO2S2/c1-15-9-11-22(12-10-15)26(23,24)16(2)17-7-8-21-19(13-17)14-18-5-3-4-6-20(18)25-21/h3-8,13,15-16H,9-12,14H2,1-2H3. The van der Waals surface area contributed by atoms with Gasteiger partial charge in [0.05, 0.1) is 5.25 Å². The number of benzene rings is 2. The summed E-state index contributed by atoms with van der Waals surface area (Å²) in [6.07, 6.45) is 2.80. The first-order valence-electron chi connectivity index (χ1n) is 9.32. The highest BCUT2D eigenvalue weighted by atomic mass is 32.2. The van der Waals surface area contributed by atoms with Crippen molar-refractivity contribution in [3.63, 3.8) is 0 Å². The van der Waals surface area contributed by atoms with Crippen LogP contribution in [-0.4, -0.2) is 25.8 Å². The molecule has 0 N–H and O–H groups in total. The summed E-state index contributed by atoms with van der Waals surface area (Å²) >= 11 is 1.78. The van der Waals surface area contributed by atoms with Gasteiger partial charge in [0.15, 0.2) is 0 Å². The van der Waals surface area contributed by atoms with Crippen molar-refractivity contribution in [2.45, 2.75) is 48.2 Å². The van der Waals surface area contributed by atoms with Crippen LogP contribution in [0, 0.1) is 5.92 Å². The van der Waals surface area contributed by atoms with Crippen LogP contribution in [0.5, 0.6) is 0 Å². The quantitative estimate of drug-likeness (QED) is 0.644. The Morgan fingerprint density at radius 3 is 2.50 bits per heavy atom. The molecule has 138 valence electrons. The van der Waals surface area contributed by atoms with Gasteiger partial charge in [-0.3, -0.25) is 0 Å². The van der Waals surface area contributed by atoms with Crippen LogP contribution in [0.4, 0.5) is 0 Å². The number of hydrogen-bond donors (Lipinski definition) is 0. The smallest absolute Gasteiger partial charge is 0.212 e. The minimum absolute atomic E-state index is 0.497. The van der Waals surface area contributed by atoms with E-state index in [1.807, 2.05) is 13.0 Å². The number of nitrogens with zero attached hydrogens (tertiary/aromatic N) is 1. The highest BCUT2D eigenvalue weighted by molar-refractivity contribution is 7.99. The molecule has 0 aromatic heterocycles. The zero-order chi connectivity index (χ0) is 18.3. The lowest BCUT2D eigenvalue weighted by Gasteiger charge is -2.32. The van der Waals surface area contributed by atoms with E-state index in [1.165, 1.54) is 20.9 Å². The maximum Gasteiger partial charge on any atom is 0.220 e. The molecule has 2 heterocycles. The third-order valence-corrected chi connectivity index (χ3v) is 9.16. The highest BCUT2D eigenvalue weighted by Crippen LogP contribution is 2.41. The fourth-order valence-electron chi connectivity index (χ4n) is 3.80. The first kappa shape index (κ1) is 18.1. The van der Waals surface area contributed by atoms with Crippen LogP contribution in [0.25, 0.3) is 0 Å². The summed E-state index contributed by atoms with van der Waals surface area (Å²) in [6, 6.07) is 14.6. The molecule has 2 aromatic rings. The molecule has 1 atom stereocenters. The minimum Gasteiger partial charge on any atom is -0.212 e. The molecule has 1 unspecified atom stereocenters. The fourth-order valence-corrected chi connectivity index (χ4v) is 6.51. The molecule has 5 heteroatoms. The van der Waals surface area contributed by atoms with E-state index < -0.39 is 15.3 Å². The largest absolute Gasteiger partial charge is 0.220 e. The van der Waals surface area contributed by atoms with Crippen molar-refractivity contribution in [1.29, 1.82) is 0 Å². The Kier molecular flexibility index (Phi) is 4.88. The molecule has 4 rings (SSSR count). The predicted molar refractivity (Wildman–Crippen MR) is 107 cm³/mol. The molecule has 26 heavy (non-hydrogen) atoms. The van der Waals surface area contributed by atoms with E-state index in [-0.39, 0.29) is 0 Å². The second-order valence-corrected chi connectivity index (χ2v) is 10.9. The lowest BCUT2D eigenvalue weighted by atomic mass is 10.0. The van der Waals surface area contributed by atoms with Crippen molar-refractivity contribution >= 4 is 21.8 Å². The molecule has 0 amide bonds. The molecule has 2 aromatic carbocycles. The molecule has 0 spiro atoms. The highest BCUT2D eigenvalue weighted by Gasteiger charge is 2.32. The van der Waals surface area contributed by atoms with Crippen LogP contribution in [0.15, 0.2) is 52.3 Å². The van der Waals surface area contributed by atoms with Gasteiger partial charge in [-0.1, -0.05) is 49.0 Å². The number of hydrogen-bond acceptors (Lipinski definition) is 3. The summed E-state index contributed by atoms with van der Waals surface area (Å²) in [5.74, 6) is 0.623. The topological polar surface area (TPSA) is 37.4 Å². The first-order chi connectivity index (χ1) is 12.4. The van der Waals surface area contributed by atoms with E-state index >= 15 is 0 Å². The molecule has 1 saturated heterocycles. The monoisotopic (exact) mass is 387 g/mol. The van der Waals surface area contributed by atoms with Crippen LogP contribution in [0.2, 0.25) is 0 Å². The van der Waals surface area contributed by atoms with Gasteiger partial charge in [-0.05, 0) is 60.9 Å². The number of rotatable bonds is 3. The number of sulfonamides is 1. The van der Waals surface area contributed by atoms with E-state index in [0.29, 0.717) is 19.0 Å². The molecule has 3 nitrogen and oxygen atoms in total. The summed E-state index contributed by atoms with van der Waals surface area (Å²) < 4.78 is 27.9. The molecule has 0 saturated carbocycles. The van der Waals surface area contributed by atoms with Crippen molar-refractivity contribution in [2.24, 2.45) is 5.92 Å². The van der Waals surface area contributed by atoms with Crippen molar-refractivity contribution < 1.29 is 8.42 Å². The third-order valence-electron chi connectivity index (χ3n) is 5.68. The Balaban J connectivity index is 1.59. The van der Waals surface area contributed by atoms with Gasteiger partial charge in [0, 0.05) is 22.9 Å². The average Bonchev–Trinajstić information content (AvgIpc) is 2.65. The summed E-state index contributed by atoms with van der Waals surface area (Å²) in [7, 11) is -3.30. The molecule has 2 aliphatic rings. The van der Waals surface area contributed by atoms with E-state index in [9.17, 15) is 8.42 Å². The van der Waals surface area contributed by atoms with Crippen molar-refractivity contribution in [1.82, 2.24) is 4.31 Å². The van der Waals surface area contributed by atoms with Gasteiger partial charge in [0.1, 0.15) is 0 Å². The van der Waals surface area contributed by atoms with Crippen molar-refractivity contribution in [2.75, 3.05) is 13.1 Å². The van der Waals surface area contributed by atoms with Gasteiger partial charge in [0.25, 0.3) is 0 Å². The van der Waals surface area contributed by atoms with Crippen LogP contribution < -0.4 is 0 Å². The maximum absolute atomic E-state index is 13.1. The van der Waals surface area contributed by atoms with E-state index in [4.69, 9.17) is 0 Å². The lowest BCUT2D eigenvalue weighted by molar-refractivity contribution is 0.286. The maximum atomic E-state index is 13.1. The van der Waals surface area contributed by atoms with Gasteiger partial charge in [-0.15, -0.1) is 0 Å². The van der Waals surface area contributed by atoms with Gasteiger partial charge < -0.3 is 0 Å². The summed E-state index contributed by atoms with van der Waals surface area (Å²) in [5.41, 5.74) is 3.46. The van der Waals surface area contributed by atoms with E-state index in [1.54, 1.807) is 16.1 Å². The SMILES string of the molecule is CC1CCN(S(=O)(=O)C(C)c2ccc3c(c2)Cc2ccccc2S3)CC1. The van der Waals surface area contributed by atoms with Gasteiger partial charge in [-0.25, -0.2) is 12.7 Å². The second-order valence-electron chi connectivity index (χ2n) is 7.52. The average molecular weight is 388 g/mol. The van der Waals surface area contributed by atoms with Crippen molar-refractivity contribution in [3.8, 4) is 0 Å². The molecular formula is C21H25NO2S2. The Morgan fingerprint density at radius 1 is 1.04 bits per heavy atom. The normalized spacial score (nSPS) is 19.6. The molecule has 0 aliphatic carbocycles. The second kappa shape index (κ2) is 7.02. The van der Waals surface area contributed by atoms with Gasteiger partial charge in [-0.2, -0.15) is 0 Å². The van der Waals surface area contributed by atoms with Crippen LogP contribution in [0.3, 0.4) is 0 Å². The van der Waals surface area contributed by atoms with Gasteiger partial charge in [0.2, 0.25) is 10.0 Å². The third kappa shape index (κ3) is 3.32. The van der Waals surface area contributed by atoms with Crippen molar-refractivity contribution in [3.05, 3.63) is 59.2 Å². The molecule has 1 fully saturated rings. The predicted octanol–water partition coefficient (Wildman–Crippen LogP) is 4.86. The lowest BCUT2D eigenvalue weighted by Crippen LogP contribution is -2.39.